The van der Waals surface area contributed by atoms with Gasteiger partial charge in [-0.05, 0) is 38.8 Å². The van der Waals surface area contributed by atoms with Crippen LogP contribution in [0.2, 0.25) is 0 Å². The molecule has 0 aromatic heterocycles. The van der Waals surface area contributed by atoms with Gasteiger partial charge in [0.1, 0.15) is 0 Å². The summed E-state index contributed by atoms with van der Waals surface area (Å²) < 4.78 is 0. The predicted molar refractivity (Wildman–Crippen MR) is 62.4 cm³/mol. The molecule has 15 heavy (non-hydrogen) atoms. The van der Waals surface area contributed by atoms with E-state index in [1.807, 2.05) is 20.8 Å². The highest BCUT2D eigenvalue weighted by molar-refractivity contribution is 6.12. The van der Waals surface area contributed by atoms with Crippen LogP contribution in [0.15, 0.2) is 24.3 Å². The van der Waals surface area contributed by atoms with E-state index in [2.05, 4.69) is 11.8 Å². The van der Waals surface area contributed by atoms with Gasteiger partial charge in [0, 0.05) is 11.1 Å². The first-order valence-corrected chi connectivity index (χ1v) is 4.82. The largest absolute Gasteiger partial charge is 0.398 e. The number of hydrogen-bond donors (Lipinski definition) is 1. The molecule has 0 heterocycles. The second-order valence-electron chi connectivity index (χ2n) is 4.42. The molecule has 0 saturated carbocycles. The quantitative estimate of drug-likeness (QED) is 0.328. The summed E-state index contributed by atoms with van der Waals surface area (Å²) in [6.45, 7) is 5.88. The summed E-state index contributed by atoms with van der Waals surface area (Å²) in [6.07, 6.45) is 0. The van der Waals surface area contributed by atoms with E-state index in [-0.39, 0.29) is 11.2 Å². The van der Waals surface area contributed by atoms with Crippen molar-refractivity contribution in [3.05, 3.63) is 29.8 Å². The molecule has 1 rings (SSSR count). The Bertz CT molecular complexity index is 430. The fourth-order valence-electron chi connectivity index (χ4n) is 1.02. The van der Waals surface area contributed by atoms with Gasteiger partial charge in [0.25, 0.3) is 0 Å². The standard InChI is InChI=1S/C13H15NO/c1-13(2,3)9-8-12(15)10-6-4-5-7-11(10)14/h4-7H,14H2,1-3H3. The Morgan fingerprint density at radius 2 is 1.87 bits per heavy atom. The number of Topliss-reactive ketones (excluding diaryl/α,β-unsaturated/α-hetero) is 1. The van der Waals surface area contributed by atoms with E-state index in [1.165, 1.54) is 0 Å². The van der Waals surface area contributed by atoms with E-state index in [4.69, 9.17) is 5.73 Å². The Balaban J connectivity index is 2.96. The first kappa shape index (κ1) is 11.3. The molecule has 2 nitrogen and oxygen atoms in total. The molecule has 0 saturated heterocycles. The maximum atomic E-state index is 11.7. The molecule has 2 heteroatoms. The highest BCUT2D eigenvalue weighted by Gasteiger charge is 2.08. The van der Waals surface area contributed by atoms with Gasteiger partial charge in [-0.15, -0.1) is 0 Å². The Hall–Kier alpha value is -1.75. The summed E-state index contributed by atoms with van der Waals surface area (Å²) in [5, 5.41) is 0. The third-order valence-corrected chi connectivity index (χ3v) is 1.76. The predicted octanol–water partition coefficient (Wildman–Crippen LogP) is 2.50. The van der Waals surface area contributed by atoms with Crippen LogP contribution in [0.3, 0.4) is 0 Å². The SMILES string of the molecule is CC(C)(C)C#CC(=O)c1ccccc1N. The molecule has 0 radical (unpaired) electrons. The second kappa shape index (κ2) is 4.18. The van der Waals surface area contributed by atoms with Crippen molar-refractivity contribution in [2.24, 2.45) is 5.41 Å². The second-order valence-corrected chi connectivity index (χ2v) is 4.42. The van der Waals surface area contributed by atoms with Crippen LogP contribution < -0.4 is 5.73 Å². The number of benzene rings is 1. The van der Waals surface area contributed by atoms with Crippen molar-refractivity contribution in [3.8, 4) is 11.8 Å². The van der Waals surface area contributed by atoms with Gasteiger partial charge in [0.15, 0.2) is 0 Å². The van der Waals surface area contributed by atoms with Crippen molar-refractivity contribution in [2.75, 3.05) is 5.73 Å². The topological polar surface area (TPSA) is 43.1 Å². The molecule has 0 unspecified atom stereocenters. The van der Waals surface area contributed by atoms with Crippen LogP contribution in [-0.4, -0.2) is 5.78 Å². The van der Waals surface area contributed by atoms with Crippen molar-refractivity contribution in [1.29, 1.82) is 0 Å². The zero-order chi connectivity index (χ0) is 11.5. The van der Waals surface area contributed by atoms with E-state index >= 15 is 0 Å². The lowest BCUT2D eigenvalue weighted by molar-refractivity contribution is 0.105. The molecule has 0 aliphatic rings. The van der Waals surface area contributed by atoms with Gasteiger partial charge in [-0.2, -0.15) is 0 Å². The smallest absolute Gasteiger partial charge is 0.237 e. The van der Waals surface area contributed by atoms with Gasteiger partial charge in [0.05, 0.1) is 5.56 Å². The Kier molecular flexibility index (Phi) is 3.16. The molecular weight excluding hydrogens is 186 g/mol. The van der Waals surface area contributed by atoms with E-state index in [0.29, 0.717) is 11.3 Å². The summed E-state index contributed by atoms with van der Waals surface area (Å²) in [7, 11) is 0. The Morgan fingerprint density at radius 3 is 2.40 bits per heavy atom. The fraction of sp³-hybridized carbons (Fsp3) is 0.308. The van der Waals surface area contributed by atoms with Gasteiger partial charge >= 0.3 is 0 Å². The molecule has 0 aliphatic heterocycles. The number of anilines is 1. The lowest BCUT2D eigenvalue weighted by Gasteiger charge is -2.06. The molecule has 0 atom stereocenters. The third-order valence-electron chi connectivity index (χ3n) is 1.76. The molecule has 0 bridgehead atoms. The van der Waals surface area contributed by atoms with Crippen molar-refractivity contribution >= 4 is 11.5 Å². The number of para-hydroxylation sites is 1. The van der Waals surface area contributed by atoms with E-state index in [0.717, 1.165) is 0 Å². The van der Waals surface area contributed by atoms with Crippen LogP contribution in [0.1, 0.15) is 31.1 Å². The molecule has 1 aromatic rings. The van der Waals surface area contributed by atoms with E-state index < -0.39 is 0 Å². The fourth-order valence-corrected chi connectivity index (χ4v) is 1.02. The van der Waals surface area contributed by atoms with Crippen molar-refractivity contribution < 1.29 is 4.79 Å². The lowest BCUT2D eigenvalue weighted by atomic mass is 9.97. The van der Waals surface area contributed by atoms with Crippen LogP contribution in [0.25, 0.3) is 0 Å². The van der Waals surface area contributed by atoms with Crippen molar-refractivity contribution in [1.82, 2.24) is 0 Å². The number of rotatable bonds is 1. The normalized spacial score (nSPS) is 10.3. The molecular formula is C13H15NO. The average Bonchev–Trinajstić information content (AvgIpc) is 2.14. The molecule has 0 fully saturated rings. The van der Waals surface area contributed by atoms with Gasteiger partial charge in [0.2, 0.25) is 5.78 Å². The van der Waals surface area contributed by atoms with E-state index in [1.54, 1.807) is 24.3 Å². The molecule has 0 spiro atoms. The summed E-state index contributed by atoms with van der Waals surface area (Å²) >= 11 is 0. The van der Waals surface area contributed by atoms with Crippen LogP contribution >= 0.6 is 0 Å². The summed E-state index contributed by atoms with van der Waals surface area (Å²) in [6, 6.07) is 6.96. The highest BCUT2D eigenvalue weighted by Crippen LogP contribution is 2.13. The summed E-state index contributed by atoms with van der Waals surface area (Å²) in [5.74, 6) is 5.28. The molecule has 78 valence electrons. The van der Waals surface area contributed by atoms with Gasteiger partial charge < -0.3 is 5.73 Å². The number of hydrogen-bond acceptors (Lipinski definition) is 2. The maximum absolute atomic E-state index is 11.7. The monoisotopic (exact) mass is 201 g/mol. The van der Waals surface area contributed by atoms with Crippen LogP contribution in [-0.2, 0) is 0 Å². The number of ketones is 1. The number of nitrogen functional groups attached to an aromatic ring is 1. The van der Waals surface area contributed by atoms with Crippen LogP contribution in [0, 0.1) is 17.3 Å². The van der Waals surface area contributed by atoms with E-state index in [9.17, 15) is 4.79 Å². The number of carbonyl (C=O) groups excluding carboxylic acids is 1. The summed E-state index contributed by atoms with van der Waals surface area (Å²) in [5.41, 5.74) is 6.46. The molecule has 0 amide bonds. The highest BCUT2D eigenvalue weighted by atomic mass is 16.1. The maximum Gasteiger partial charge on any atom is 0.237 e. The zero-order valence-electron chi connectivity index (χ0n) is 9.29. The first-order chi connectivity index (χ1) is 6.90. The summed E-state index contributed by atoms with van der Waals surface area (Å²) in [4.78, 5) is 11.7. The minimum absolute atomic E-state index is 0.167. The zero-order valence-corrected chi connectivity index (χ0v) is 9.29. The molecule has 1 aromatic carbocycles. The van der Waals surface area contributed by atoms with Crippen molar-refractivity contribution in [3.63, 3.8) is 0 Å². The Labute approximate surface area is 90.5 Å². The minimum atomic E-state index is -0.219. The van der Waals surface area contributed by atoms with Crippen LogP contribution in [0.5, 0.6) is 0 Å². The minimum Gasteiger partial charge on any atom is -0.398 e. The average molecular weight is 201 g/mol. The third kappa shape index (κ3) is 3.47. The number of nitrogens with two attached hydrogens (primary N) is 1. The lowest BCUT2D eigenvalue weighted by Crippen LogP contribution is -2.04. The van der Waals surface area contributed by atoms with Gasteiger partial charge in [-0.25, -0.2) is 0 Å². The first-order valence-electron chi connectivity index (χ1n) is 4.82. The van der Waals surface area contributed by atoms with Crippen molar-refractivity contribution in [2.45, 2.75) is 20.8 Å². The number of carbonyl (C=O) groups is 1. The van der Waals surface area contributed by atoms with Crippen LogP contribution in [0.4, 0.5) is 5.69 Å². The molecule has 2 N–H and O–H groups in total. The molecule has 0 aliphatic carbocycles. The Morgan fingerprint density at radius 1 is 1.27 bits per heavy atom. The van der Waals surface area contributed by atoms with Gasteiger partial charge in [-0.3, -0.25) is 4.79 Å². The van der Waals surface area contributed by atoms with Gasteiger partial charge in [-0.1, -0.05) is 18.1 Å².